The zero-order valence-corrected chi connectivity index (χ0v) is 26.8. The van der Waals surface area contributed by atoms with Gasteiger partial charge in [0.2, 0.25) is 5.91 Å². The molecular weight excluding hydrogens is 514 g/mol. The van der Waals surface area contributed by atoms with Crippen LogP contribution in [0.5, 0.6) is 0 Å². The Kier molecular flexibility index (Phi) is 29.4. The van der Waals surface area contributed by atoms with E-state index in [1.165, 1.54) is 83.5 Å². The first kappa shape index (κ1) is 39.8. The SMILES string of the molecule is CCCCC/C=C/CC/C=C/CCCC(O)C(O)C(CO)NC(=O)C(O)CCCCCCCCCCCCCCC. The maximum atomic E-state index is 12.4. The second-order valence-electron chi connectivity index (χ2n) is 11.8. The predicted molar refractivity (Wildman–Crippen MR) is 173 cm³/mol. The Balaban J connectivity index is 3.92. The molecule has 0 aliphatic carbocycles. The van der Waals surface area contributed by atoms with Gasteiger partial charge in [0.1, 0.15) is 12.2 Å². The molecule has 0 spiro atoms. The third kappa shape index (κ3) is 25.0. The Morgan fingerprint density at radius 3 is 1.54 bits per heavy atom. The lowest BCUT2D eigenvalue weighted by molar-refractivity contribution is -0.132. The van der Waals surface area contributed by atoms with Crippen LogP contribution in [0.1, 0.15) is 162 Å². The van der Waals surface area contributed by atoms with Crippen molar-refractivity contribution in [1.29, 1.82) is 0 Å². The molecule has 0 aromatic heterocycles. The number of allylic oxidation sites excluding steroid dienone is 4. The highest BCUT2D eigenvalue weighted by Crippen LogP contribution is 2.14. The molecule has 5 N–H and O–H groups in total. The van der Waals surface area contributed by atoms with Crippen LogP contribution < -0.4 is 5.32 Å². The normalized spacial score (nSPS) is 15.0. The third-order valence-corrected chi connectivity index (χ3v) is 7.89. The highest BCUT2D eigenvalue weighted by atomic mass is 16.3. The molecule has 0 aliphatic rings. The number of amides is 1. The van der Waals surface area contributed by atoms with Gasteiger partial charge >= 0.3 is 0 Å². The van der Waals surface area contributed by atoms with Crippen molar-refractivity contribution in [2.24, 2.45) is 0 Å². The van der Waals surface area contributed by atoms with Crippen LogP contribution in [0.2, 0.25) is 0 Å². The second kappa shape index (κ2) is 30.3. The number of carbonyl (C=O) groups excluding carboxylic acids is 1. The van der Waals surface area contributed by atoms with E-state index in [-0.39, 0.29) is 0 Å². The van der Waals surface area contributed by atoms with Crippen LogP contribution in [0.15, 0.2) is 24.3 Å². The van der Waals surface area contributed by atoms with Gasteiger partial charge < -0.3 is 25.7 Å². The predicted octanol–water partition coefficient (Wildman–Crippen LogP) is 7.67. The third-order valence-electron chi connectivity index (χ3n) is 7.89. The van der Waals surface area contributed by atoms with Crippen molar-refractivity contribution in [2.75, 3.05) is 6.61 Å². The number of hydrogen-bond acceptors (Lipinski definition) is 5. The van der Waals surface area contributed by atoms with E-state index < -0.39 is 36.9 Å². The number of rotatable bonds is 30. The first-order valence-corrected chi connectivity index (χ1v) is 17.2. The molecule has 0 fully saturated rings. The quantitative estimate of drug-likeness (QED) is 0.0442. The summed E-state index contributed by atoms with van der Waals surface area (Å²) in [6.07, 6.45) is 30.5. The Morgan fingerprint density at radius 2 is 1.02 bits per heavy atom. The zero-order valence-electron chi connectivity index (χ0n) is 26.8. The molecule has 41 heavy (non-hydrogen) atoms. The van der Waals surface area contributed by atoms with E-state index >= 15 is 0 Å². The van der Waals surface area contributed by atoms with Crippen molar-refractivity contribution in [3.05, 3.63) is 24.3 Å². The fourth-order valence-electron chi connectivity index (χ4n) is 5.06. The van der Waals surface area contributed by atoms with Gasteiger partial charge in [0.05, 0.1) is 18.8 Å². The number of hydrogen-bond donors (Lipinski definition) is 5. The molecule has 0 bridgehead atoms. The second-order valence-corrected chi connectivity index (χ2v) is 11.8. The number of carbonyl (C=O) groups is 1. The smallest absolute Gasteiger partial charge is 0.249 e. The van der Waals surface area contributed by atoms with Crippen LogP contribution in [0.25, 0.3) is 0 Å². The molecule has 0 saturated carbocycles. The standard InChI is InChI=1S/C35H67NO5/c1-3-5-7-9-11-13-15-17-19-21-23-25-27-29-33(39)35(41)36-31(30-37)34(40)32(38)28-26-24-22-20-18-16-14-12-10-8-6-4-2/h12,14,20,22,31-34,37-40H,3-11,13,15-19,21,23-30H2,1-2H3,(H,36,41)/b14-12+,22-20+. The van der Waals surface area contributed by atoms with E-state index in [0.717, 1.165) is 44.9 Å². The van der Waals surface area contributed by atoms with Crippen molar-refractivity contribution in [2.45, 2.75) is 186 Å². The lowest BCUT2D eigenvalue weighted by Gasteiger charge is -2.27. The number of aliphatic hydroxyl groups is 4. The molecule has 0 saturated heterocycles. The maximum Gasteiger partial charge on any atom is 0.249 e. The van der Waals surface area contributed by atoms with Crippen molar-refractivity contribution in [1.82, 2.24) is 5.32 Å². The highest BCUT2D eigenvalue weighted by molar-refractivity contribution is 5.80. The first-order valence-electron chi connectivity index (χ1n) is 17.2. The molecule has 242 valence electrons. The Hall–Kier alpha value is -1.21. The van der Waals surface area contributed by atoms with Gasteiger partial charge in [0.15, 0.2) is 0 Å². The Morgan fingerprint density at radius 1 is 0.585 bits per heavy atom. The number of unbranched alkanes of at least 4 members (excludes halogenated alkanes) is 17. The van der Waals surface area contributed by atoms with Crippen LogP contribution in [0.3, 0.4) is 0 Å². The lowest BCUT2D eigenvalue weighted by Crippen LogP contribution is -2.53. The van der Waals surface area contributed by atoms with Crippen LogP contribution in [-0.2, 0) is 4.79 Å². The largest absolute Gasteiger partial charge is 0.394 e. The first-order chi connectivity index (χ1) is 20.0. The Labute approximate surface area is 253 Å². The molecule has 0 aliphatic heterocycles. The average molecular weight is 582 g/mol. The minimum atomic E-state index is -1.28. The summed E-state index contributed by atoms with van der Waals surface area (Å²) in [6, 6.07) is -1.00. The molecule has 6 heteroatoms. The van der Waals surface area contributed by atoms with Gasteiger partial charge in [-0.3, -0.25) is 4.79 Å². The van der Waals surface area contributed by atoms with Crippen molar-refractivity contribution >= 4 is 5.91 Å². The van der Waals surface area contributed by atoms with E-state index in [0.29, 0.717) is 19.3 Å². The van der Waals surface area contributed by atoms with Crippen molar-refractivity contribution < 1.29 is 25.2 Å². The zero-order chi connectivity index (χ0) is 30.4. The monoisotopic (exact) mass is 582 g/mol. The van der Waals surface area contributed by atoms with Crippen molar-refractivity contribution in [3.63, 3.8) is 0 Å². The molecule has 0 heterocycles. The summed E-state index contributed by atoms with van der Waals surface area (Å²) < 4.78 is 0. The minimum absolute atomic E-state index is 0.362. The fourth-order valence-corrected chi connectivity index (χ4v) is 5.06. The molecule has 0 aromatic rings. The van der Waals surface area contributed by atoms with Crippen molar-refractivity contribution in [3.8, 4) is 0 Å². The van der Waals surface area contributed by atoms with E-state index in [1.54, 1.807) is 0 Å². The fraction of sp³-hybridized carbons (Fsp3) is 0.857. The van der Waals surface area contributed by atoms with E-state index in [2.05, 4.69) is 43.5 Å². The van der Waals surface area contributed by atoms with Gasteiger partial charge in [-0.15, -0.1) is 0 Å². The molecule has 0 aromatic carbocycles. The highest BCUT2D eigenvalue weighted by Gasteiger charge is 2.28. The maximum absolute atomic E-state index is 12.4. The minimum Gasteiger partial charge on any atom is -0.394 e. The molecule has 0 radical (unpaired) electrons. The van der Waals surface area contributed by atoms with Crippen LogP contribution in [0.4, 0.5) is 0 Å². The summed E-state index contributed by atoms with van der Waals surface area (Å²) in [4.78, 5) is 12.4. The molecular formula is C35H67NO5. The summed E-state index contributed by atoms with van der Waals surface area (Å²) in [5.74, 6) is -0.600. The number of nitrogens with one attached hydrogen (secondary N) is 1. The number of aliphatic hydroxyl groups excluding tert-OH is 4. The summed E-state index contributed by atoms with van der Waals surface area (Å²) >= 11 is 0. The van der Waals surface area contributed by atoms with Crippen LogP contribution >= 0.6 is 0 Å². The van der Waals surface area contributed by atoms with E-state index in [1.807, 2.05) is 0 Å². The van der Waals surface area contributed by atoms with Gasteiger partial charge in [-0.25, -0.2) is 0 Å². The molecule has 4 unspecified atom stereocenters. The summed E-state index contributed by atoms with van der Waals surface area (Å²) in [5, 5.41) is 43.2. The average Bonchev–Trinajstić information content (AvgIpc) is 2.98. The van der Waals surface area contributed by atoms with Crippen LogP contribution in [0, 0.1) is 0 Å². The van der Waals surface area contributed by atoms with Gasteiger partial charge in [0.25, 0.3) is 0 Å². The molecule has 4 atom stereocenters. The van der Waals surface area contributed by atoms with Gasteiger partial charge in [-0.1, -0.05) is 134 Å². The molecule has 1 amide bonds. The van der Waals surface area contributed by atoms with Gasteiger partial charge in [-0.2, -0.15) is 0 Å². The summed E-state index contributed by atoms with van der Waals surface area (Å²) in [6.45, 7) is 3.96. The van der Waals surface area contributed by atoms with Crippen LogP contribution in [-0.4, -0.2) is 57.3 Å². The summed E-state index contributed by atoms with van der Waals surface area (Å²) in [5.41, 5.74) is 0. The summed E-state index contributed by atoms with van der Waals surface area (Å²) in [7, 11) is 0. The molecule has 0 rings (SSSR count). The van der Waals surface area contributed by atoms with Gasteiger partial charge in [-0.05, 0) is 51.4 Å². The van der Waals surface area contributed by atoms with E-state index in [9.17, 15) is 25.2 Å². The van der Waals surface area contributed by atoms with E-state index in [4.69, 9.17) is 0 Å². The van der Waals surface area contributed by atoms with Gasteiger partial charge in [0, 0.05) is 0 Å². The Bertz CT molecular complexity index is 624. The topological polar surface area (TPSA) is 110 Å². The lowest BCUT2D eigenvalue weighted by atomic mass is 10.00. The molecule has 6 nitrogen and oxygen atoms in total.